The first-order chi connectivity index (χ1) is 6.77. The fourth-order valence-corrected chi connectivity index (χ4v) is 2.51. The van der Waals surface area contributed by atoms with Gasteiger partial charge in [-0.3, -0.25) is 4.90 Å². The van der Waals surface area contributed by atoms with E-state index in [2.05, 4.69) is 29.1 Å². The number of piperazine rings is 1. The molecule has 0 N–H and O–H groups in total. The van der Waals surface area contributed by atoms with Gasteiger partial charge in [-0.15, -0.1) is 13.1 Å². The van der Waals surface area contributed by atoms with E-state index in [-0.39, 0.29) is 32.7 Å². The van der Waals surface area contributed by atoms with Crippen molar-refractivity contribution in [2.45, 2.75) is 31.8 Å². The minimum absolute atomic E-state index is 0. The maximum Gasteiger partial charge on any atom is 0.0192 e. The zero-order valence-electron chi connectivity index (χ0n) is 10.0. The van der Waals surface area contributed by atoms with Gasteiger partial charge >= 0.3 is 0 Å². The minimum atomic E-state index is 0. The first-order valence-electron chi connectivity index (χ1n) is 5.85. The monoisotopic (exact) mass is 285 g/mol. The standard InChI is InChI=1S/C11H22N3.Y/c1-10-9-14(8-7-13(10)2)11-3-5-12-6-4-11;/h10-11H,3-9H2,1-2H3;/q-1;/t10-;/m0./s1. The van der Waals surface area contributed by atoms with Gasteiger partial charge in [0, 0.05) is 64.4 Å². The number of piperidine rings is 1. The SMILES string of the molecule is C[C@H]1CN(C2CC[N-]CC2)CCN1C.[Y]. The average molecular weight is 285 g/mol. The molecule has 2 heterocycles. The largest absolute Gasteiger partial charge is 0.662 e. The van der Waals surface area contributed by atoms with Gasteiger partial charge in [0.1, 0.15) is 0 Å². The summed E-state index contributed by atoms with van der Waals surface area (Å²) in [7, 11) is 2.23. The van der Waals surface area contributed by atoms with Crippen molar-refractivity contribution in [3.8, 4) is 0 Å². The molecule has 2 aliphatic rings. The molecule has 2 rings (SSSR count). The molecular weight excluding hydrogens is 263 g/mol. The first-order valence-corrected chi connectivity index (χ1v) is 5.85. The topological polar surface area (TPSA) is 20.6 Å². The number of hydrogen-bond donors (Lipinski definition) is 0. The van der Waals surface area contributed by atoms with Gasteiger partial charge in [-0.1, -0.05) is 12.8 Å². The molecule has 0 spiro atoms. The third-order valence-corrected chi connectivity index (χ3v) is 3.75. The Morgan fingerprint density at radius 3 is 2.40 bits per heavy atom. The van der Waals surface area contributed by atoms with Gasteiger partial charge < -0.3 is 10.2 Å². The Bertz CT molecular complexity index is 183. The van der Waals surface area contributed by atoms with E-state index in [4.69, 9.17) is 0 Å². The summed E-state index contributed by atoms with van der Waals surface area (Å²) in [5, 5.41) is 4.42. The number of rotatable bonds is 1. The molecule has 0 amide bonds. The Morgan fingerprint density at radius 1 is 1.13 bits per heavy atom. The Morgan fingerprint density at radius 2 is 1.80 bits per heavy atom. The number of likely N-dealkylation sites (N-methyl/N-ethyl adjacent to an activating group) is 1. The molecule has 0 saturated carbocycles. The molecule has 0 aromatic heterocycles. The molecule has 0 unspecified atom stereocenters. The maximum atomic E-state index is 4.42. The van der Waals surface area contributed by atoms with Crippen LogP contribution in [0.3, 0.4) is 0 Å². The van der Waals surface area contributed by atoms with E-state index < -0.39 is 0 Å². The molecule has 4 heteroatoms. The fraction of sp³-hybridized carbons (Fsp3) is 1.00. The van der Waals surface area contributed by atoms with Crippen LogP contribution in [0.2, 0.25) is 0 Å². The second kappa shape index (κ2) is 6.65. The molecule has 2 aliphatic heterocycles. The first kappa shape index (κ1) is 14.0. The van der Waals surface area contributed by atoms with Gasteiger partial charge in [-0.2, -0.15) is 0 Å². The van der Waals surface area contributed by atoms with E-state index in [9.17, 15) is 0 Å². The molecule has 15 heavy (non-hydrogen) atoms. The fourth-order valence-electron chi connectivity index (χ4n) is 2.51. The molecular formula is C11H22N3Y-. The second-order valence-corrected chi connectivity index (χ2v) is 4.73. The van der Waals surface area contributed by atoms with Gasteiger partial charge in [0.2, 0.25) is 0 Å². The van der Waals surface area contributed by atoms with Crippen LogP contribution in [0.1, 0.15) is 19.8 Å². The summed E-state index contributed by atoms with van der Waals surface area (Å²) in [4.78, 5) is 5.14. The smallest absolute Gasteiger partial charge is 0.0192 e. The Hall–Kier alpha value is 0.984. The second-order valence-electron chi connectivity index (χ2n) is 4.73. The quantitative estimate of drug-likeness (QED) is 0.720. The molecule has 0 bridgehead atoms. The zero-order chi connectivity index (χ0) is 9.97. The summed E-state index contributed by atoms with van der Waals surface area (Å²) in [6, 6.07) is 1.55. The van der Waals surface area contributed by atoms with Gasteiger partial charge in [0.25, 0.3) is 0 Å². The van der Waals surface area contributed by atoms with Crippen LogP contribution in [0.5, 0.6) is 0 Å². The van der Waals surface area contributed by atoms with Crippen LogP contribution in [0, 0.1) is 0 Å². The van der Waals surface area contributed by atoms with Gasteiger partial charge in [-0.25, -0.2) is 0 Å². The van der Waals surface area contributed by atoms with Crippen LogP contribution in [0.4, 0.5) is 0 Å². The van der Waals surface area contributed by atoms with Crippen molar-refractivity contribution >= 4 is 0 Å². The number of hydrogen-bond acceptors (Lipinski definition) is 2. The molecule has 85 valence electrons. The van der Waals surface area contributed by atoms with Gasteiger partial charge in [-0.05, 0) is 14.0 Å². The Kier molecular flexibility index (Phi) is 6.23. The predicted molar refractivity (Wildman–Crippen MR) is 59.8 cm³/mol. The summed E-state index contributed by atoms with van der Waals surface area (Å²) in [6.07, 6.45) is 2.58. The van der Waals surface area contributed by atoms with E-state index in [1.807, 2.05) is 0 Å². The molecule has 3 nitrogen and oxygen atoms in total. The molecule has 0 aliphatic carbocycles. The van der Waals surface area contributed by atoms with E-state index in [1.165, 1.54) is 32.5 Å². The van der Waals surface area contributed by atoms with Crippen LogP contribution in [-0.2, 0) is 32.7 Å². The van der Waals surface area contributed by atoms with Crippen LogP contribution < -0.4 is 0 Å². The van der Waals surface area contributed by atoms with Crippen molar-refractivity contribution < 1.29 is 32.7 Å². The van der Waals surface area contributed by atoms with E-state index in [0.717, 1.165) is 25.2 Å². The van der Waals surface area contributed by atoms with Crippen LogP contribution in [-0.4, -0.2) is 61.7 Å². The maximum absolute atomic E-state index is 4.42. The van der Waals surface area contributed by atoms with Gasteiger partial charge in [0.05, 0.1) is 0 Å². The van der Waals surface area contributed by atoms with Crippen molar-refractivity contribution in [2.24, 2.45) is 0 Å². The van der Waals surface area contributed by atoms with Crippen molar-refractivity contribution in [2.75, 3.05) is 39.8 Å². The van der Waals surface area contributed by atoms with Crippen molar-refractivity contribution in [3.05, 3.63) is 5.32 Å². The third kappa shape index (κ3) is 3.74. The van der Waals surface area contributed by atoms with Crippen LogP contribution in [0.25, 0.3) is 5.32 Å². The van der Waals surface area contributed by atoms with Crippen molar-refractivity contribution in [1.29, 1.82) is 0 Å². The molecule has 2 fully saturated rings. The summed E-state index contributed by atoms with van der Waals surface area (Å²) >= 11 is 0. The Balaban J connectivity index is 0.00000112. The van der Waals surface area contributed by atoms with E-state index in [1.54, 1.807) is 0 Å². The average Bonchev–Trinajstić information content (AvgIpc) is 2.23. The van der Waals surface area contributed by atoms with E-state index >= 15 is 0 Å². The summed E-state index contributed by atoms with van der Waals surface area (Å²) in [6.45, 7) is 8.25. The Labute approximate surface area is 119 Å². The van der Waals surface area contributed by atoms with Crippen molar-refractivity contribution in [1.82, 2.24) is 9.80 Å². The summed E-state index contributed by atoms with van der Waals surface area (Å²) in [5.41, 5.74) is 0. The molecule has 0 aromatic rings. The van der Waals surface area contributed by atoms with Crippen LogP contribution in [0.15, 0.2) is 0 Å². The molecule has 1 radical (unpaired) electrons. The van der Waals surface area contributed by atoms with Crippen LogP contribution >= 0.6 is 0 Å². The minimum Gasteiger partial charge on any atom is -0.662 e. The normalized spacial score (nSPS) is 31.2. The third-order valence-electron chi connectivity index (χ3n) is 3.75. The summed E-state index contributed by atoms with van der Waals surface area (Å²) < 4.78 is 0. The molecule has 2 saturated heterocycles. The number of nitrogens with zero attached hydrogens (tertiary/aromatic N) is 3. The zero-order valence-corrected chi connectivity index (χ0v) is 12.9. The van der Waals surface area contributed by atoms with Crippen molar-refractivity contribution in [3.63, 3.8) is 0 Å². The van der Waals surface area contributed by atoms with E-state index in [0.29, 0.717) is 0 Å². The molecule has 1 atom stereocenters. The molecule has 0 aromatic carbocycles. The van der Waals surface area contributed by atoms with Gasteiger partial charge in [0.15, 0.2) is 0 Å². The predicted octanol–water partition coefficient (Wildman–Crippen LogP) is 1.16. The summed E-state index contributed by atoms with van der Waals surface area (Å²) in [5.74, 6) is 0.